The van der Waals surface area contributed by atoms with Gasteiger partial charge >= 0.3 is 0 Å². The van der Waals surface area contributed by atoms with E-state index < -0.39 is 0 Å². The summed E-state index contributed by atoms with van der Waals surface area (Å²) in [5, 5.41) is 2.33. The summed E-state index contributed by atoms with van der Waals surface area (Å²) < 4.78 is 5.69. The molecule has 0 aliphatic heterocycles. The molecule has 1 heteroatoms. The Morgan fingerprint density at radius 2 is 1.64 bits per heavy atom. The third-order valence-corrected chi connectivity index (χ3v) is 2.44. The average Bonchev–Trinajstić information content (AvgIpc) is 2.54. The molecule has 1 nitrogen and oxygen atoms in total. The Hall–Kier alpha value is -1.76. The zero-order valence-electron chi connectivity index (χ0n) is 7.66. The van der Waals surface area contributed by atoms with Gasteiger partial charge in [-0.3, -0.25) is 0 Å². The summed E-state index contributed by atoms with van der Waals surface area (Å²) in [7, 11) is 0. The highest BCUT2D eigenvalue weighted by molar-refractivity contribution is 6.04. The summed E-state index contributed by atoms with van der Waals surface area (Å²) in [5.41, 5.74) is 2.84. The second-order valence-electron chi connectivity index (χ2n) is 3.43. The Morgan fingerprint density at radius 3 is 2.57 bits per heavy atom. The minimum atomic E-state index is 0.915. The van der Waals surface area contributed by atoms with E-state index in [1.807, 2.05) is 30.3 Å². The van der Waals surface area contributed by atoms with Crippen LogP contribution in [-0.2, 0) is 0 Å². The van der Waals surface area contributed by atoms with Crippen LogP contribution >= 0.6 is 0 Å². The first-order valence-corrected chi connectivity index (χ1v) is 4.58. The second kappa shape index (κ2) is 2.61. The van der Waals surface area contributed by atoms with Crippen molar-refractivity contribution < 1.29 is 4.42 Å². The molecule has 0 N–H and O–H groups in total. The lowest BCUT2D eigenvalue weighted by molar-refractivity contribution is 0.669. The van der Waals surface area contributed by atoms with Gasteiger partial charge in [-0.25, -0.2) is 0 Å². The predicted octanol–water partition coefficient (Wildman–Crippen LogP) is 3.77. The fourth-order valence-corrected chi connectivity index (χ4v) is 1.77. The number of hydrogen-bond acceptors (Lipinski definition) is 1. The van der Waals surface area contributed by atoms with Gasteiger partial charge in [0, 0.05) is 10.8 Å². The fourth-order valence-electron chi connectivity index (χ4n) is 1.77. The first kappa shape index (κ1) is 7.63. The fraction of sp³-hybridized carbons (Fsp3) is 0. The first-order chi connectivity index (χ1) is 6.84. The number of benzene rings is 2. The standard InChI is InChI=1S/C13H9O/c1-9-6-7-11-10-4-2-3-5-12(10)14-13(11)8-9/h2-8H,1H2. The maximum absolute atomic E-state index is 5.69. The van der Waals surface area contributed by atoms with Gasteiger partial charge in [0.25, 0.3) is 0 Å². The van der Waals surface area contributed by atoms with Crippen molar-refractivity contribution in [3.63, 3.8) is 0 Å². The summed E-state index contributed by atoms with van der Waals surface area (Å²) in [6, 6.07) is 14.1. The van der Waals surface area contributed by atoms with Crippen LogP contribution in [0.3, 0.4) is 0 Å². The van der Waals surface area contributed by atoms with Crippen molar-refractivity contribution in [1.29, 1.82) is 0 Å². The molecule has 0 bridgehead atoms. The lowest BCUT2D eigenvalue weighted by atomic mass is 10.1. The molecule has 0 aliphatic carbocycles. The number of rotatable bonds is 0. The lowest BCUT2D eigenvalue weighted by Crippen LogP contribution is -1.69. The van der Waals surface area contributed by atoms with Gasteiger partial charge in [-0.2, -0.15) is 0 Å². The van der Waals surface area contributed by atoms with E-state index in [1.165, 1.54) is 5.39 Å². The van der Waals surface area contributed by atoms with E-state index in [4.69, 9.17) is 4.42 Å². The molecule has 1 aromatic heterocycles. The van der Waals surface area contributed by atoms with Crippen LogP contribution in [0.25, 0.3) is 21.9 Å². The van der Waals surface area contributed by atoms with E-state index in [0.717, 1.165) is 22.1 Å². The molecule has 67 valence electrons. The Bertz CT molecular complexity index is 605. The van der Waals surface area contributed by atoms with Crippen LogP contribution in [0.4, 0.5) is 0 Å². The normalized spacial score (nSPS) is 11.2. The molecule has 3 aromatic rings. The topological polar surface area (TPSA) is 13.1 Å². The molecule has 3 rings (SSSR count). The zero-order chi connectivity index (χ0) is 9.54. The van der Waals surface area contributed by atoms with Crippen LogP contribution in [0.1, 0.15) is 5.56 Å². The molecule has 14 heavy (non-hydrogen) atoms. The molecular formula is C13H9O. The van der Waals surface area contributed by atoms with Crippen LogP contribution < -0.4 is 0 Å². The highest BCUT2D eigenvalue weighted by atomic mass is 16.3. The summed E-state index contributed by atoms with van der Waals surface area (Å²) in [5.74, 6) is 0. The van der Waals surface area contributed by atoms with E-state index in [2.05, 4.69) is 19.1 Å². The summed E-state index contributed by atoms with van der Waals surface area (Å²) in [4.78, 5) is 0. The highest BCUT2D eigenvalue weighted by Crippen LogP contribution is 2.28. The molecule has 1 heterocycles. The third-order valence-electron chi connectivity index (χ3n) is 2.44. The van der Waals surface area contributed by atoms with Crippen molar-refractivity contribution in [3.05, 3.63) is 55.0 Å². The van der Waals surface area contributed by atoms with Crippen molar-refractivity contribution in [1.82, 2.24) is 0 Å². The molecule has 1 radical (unpaired) electrons. The number of para-hydroxylation sites is 1. The molecule has 0 saturated heterocycles. The van der Waals surface area contributed by atoms with Gasteiger partial charge in [-0.1, -0.05) is 30.3 Å². The van der Waals surface area contributed by atoms with E-state index >= 15 is 0 Å². The molecule has 0 spiro atoms. The van der Waals surface area contributed by atoms with Crippen LogP contribution in [0.15, 0.2) is 46.9 Å². The number of hydrogen-bond donors (Lipinski definition) is 0. The van der Waals surface area contributed by atoms with Gasteiger partial charge in [0.2, 0.25) is 0 Å². The van der Waals surface area contributed by atoms with Gasteiger partial charge in [0.1, 0.15) is 11.2 Å². The third kappa shape index (κ3) is 0.956. The molecule has 0 aliphatic rings. The summed E-state index contributed by atoms with van der Waals surface area (Å²) >= 11 is 0. The SMILES string of the molecule is [CH2]c1ccc2c(c1)oc1ccccc12. The quantitative estimate of drug-likeness (QED) is 0.514. The molecule has 0 atom stereocenters. The number of fused-ring (bicyclic) bond motifs is 3. The van der Waals surface area contributed by atoms with Gasteiger partial charge in [0.05, 0.1) is 0 Å². The van der Waals surface area contributed by atoms with Crippen molar-refractivity contribution in [2.45, 2.75) is 0 Å². The van der Waals surface area contributed by atoms with Crippen molar-refractivity contribution in [3.8, 4) is 0 Å². The molecule has 2 aromatic carbocycles. The largest absolute Gasteiger partial charge is 0.456 e. The van der Waals surface area contributed by atoms with Crippen molar-refractivity contribution in [2.75, 3.05) is 0 Å². The Morgan fingerprint density at radius 1 is 0.857 bits per heavy atom. The summed E-state index contributed by atoms with van der Waals surface area (Å²) in [6.45, 7) is 3.88. The molecule has 0 fully saturated rings. The zero-order valence-corrected chi connectivity index (χ0v) is 7.66. The van der Waals surface area contributed by atoms with Gasteiger partial charge in [-0.05, 0) is 24.6 Å². The van der Waals surface area contributed by atoms with Gasteiger partial charge < -0.3 is 4.42 Å². The van der Waals surface area contributed by atoms with E-state index in [9.17, 15) is 0 Å². The predicted molar refractivity (Wildman–Crippen MR) is 58.2 cm³/mol. The number of furan rings is 1. The minimum Gasteiger partial charge on any atom is -0.456 e. The maximum Gasteiger partial charge on any atom is 0.135 e. The average molecular weight is 181 g/mol. The Labute approximate surface area is 82.0 Å². The monoisotopic (exact) mass is 181 g/mol. The first-order valence-electron chi connectivity index (χ1n) is 4.58. The van der Waals surface area contributed by atoms with E-state index in [-0.39, 0.29) is 0 Å². The van der Waals surface area contributed by atoms with E-state index in [0.29, 0.717) is 0 Å². The lowest BCUT2D eigenvalue weighted by Gasteiger charge is -1.90. The van der Waals surface area contributed by atoms with Crippen LogP contribution in [-0.4, -0.2) is 0 Å². The minimum absolute atomic E-state index is 0.915. The Balaban J connectivity index is 2.57. The van der Waals surface area contributed by atoms with Crippen molar-refractivity contribution >= 4 is 21.9 Å². The maximum atomic E-state index is 5.69. The smallest absolute Gasteiger partial charge is 0.135 e. The van der Waals surface area contributed by atoms with E-state index in [1.54, 1.807) is 0 Å². The Kier molecular flexibility index (Phi) is 1.42. The van der Waals surface area contributed by atoms with Crippen molar-refractivity contribution in [2.24, 2.45) is 0 Å². The van der Waals surface area contributed by atoms with Crippen LogP contribution in [0.5, 0.6) is 0 Å². The van der Waals surface area contributed by atoms with Gasteiger partial charge in [-0.15, -0.1) is 0 Å². The molecule has 0 saturated carbocycles. The second-order valence-corrected chi connectivity index (χ2v) is 3.43. The summed E-state index contributed by atoms with van der Waals surface area (Å²) in [6.07, 6.45) is 0. The molecular weight excluding hydrogens is 172 g/mol. The van der Waals surface area contributed by atoms with Crippen LogP contribution in [0.2, 0.25) is 0 Å². The van der Waals surface area contributed by atoms with Crippen LogP contribution in [0, 0.1) is 6.92 Å². The molecule has 0 unspecified atom stereocenters. The van der Waals surface area contributed by atoms with Gasteiger partial charge in [0.15, 0.2) is 0 Å². The highest BCUT2D eigenvalue weighted by Gasteiger charge is 2.04. The molecule has 0 amide bonds.